The zero-order valence-electron chi connectivity index (χ0n) is 10.6. The molecule has 1 fully saturated rings. The Morgan fingerprint density at radius 2 is 2.00 bits per heavy atom. The Morgan fingerprint density at radius 3 is 2.67 bits per heavy atom. The summed E-state index contributed by atoms with van der Waals surface area (Å²) in [5, 5.41) is 20.3. The van der Waals surface area contributed by atoms with Crippen LogP contribution in [0.5, 0.6) is 0 Å². The minimum absolute atomic E-state index is 0.243. The smallest absolute Gasteiger partial charge is 0.123 e. The average Bonchev–Trinajstić information content (AvgIpc) is 2.39. The van der Waals surface area contributed by atoms with Gasteiger partial charge in [-0.3, -0.25) is 0 Å². The van der Waals surface area contributed by atoms with E-state index < -0.39 is 12.2 Å². The molecule has 4 nitrogen and oxygen atoms in total. The first-order chi connectivity index (χ1) is 8.66. The molecule has 1 heterocycles. The molecule has 0 spiro atoms. The second-order valence-corrected chi connectivity index (χ2v) is 5.25. The van der Waals surface area contributed by atoms with Crippen LogP contribution in [0.25, 0.3) is 0 Å². The molecule has 100 valence electrons. The normalized spacial score (nSPS) is 20.6. The van der Waals surface area contributed by atoms with Gasteiger partial charge in [0, 0.05) is 12.6 Å². The van der Waals surface area contributed by atoms with Crippen molar-refractivity contribution >= 4 is 5.82 Å². The van der Waals surface area contributed by atoms with Crippen LogP contribution in [0.15, 0.2) is 18.3 Å². The maximum absolute atomic E-state index is 10.2. The fourth-order valence-electron chi connectivity index (χ4n) is 2.77. The third-order valence-corrected chi connectivity index (χ3v) is 3.82. The maximum Gasteiger partial charge on any atom is 0.123 e. The van der Waals surface area contributed by atoms with E-state index in [0.717, 1.165) is 31.2 Å². The van der Waals surface area contributed by atoms with E-state index in [9.17, 15) is 10.2 Å². The van der Waals surface area contributed by atoms with E-state index in [1.54, 1.807) is 12.3 Å². The molecule has 4 N–H and O–H groups in total. The van der Waals surface area contributed by atoms with E-state index in [0.29, 0.717) is 12.2 Å². The number of aliphatic hydroxyl groups is 2. The molecule has 1 saturated carbocycles. The van der Waals surface area contributed by atoms with E-state index in [4.69, 9.17) is 5.73 Å². The summed E-state index contributed by atoms with van der Waals surface area (Å²) in [6.07, 6.45) is 6.35. The van der Waals surface area contributed by atoms with Crippen molar-refractivity contribution in [2.45, 2.75) is 50.7 Å². The molecule has 2 rings (SSSR count). The molecule has 0 aromatic carbocycles. The number of nitrogens with zero attached hydrogens (tertiary/aromatic N) is 1. The molecule has 2 atom stereocenters. The zero-order chi connectivity index (χ0) is 13.0. The Bertz CT molecular complexity index is 378. The topological polar surface area (TPSA) is 79.4 Å². The Morgan fingerprint density at radius 1 is 1.28 bits per heavy atom. The van der Waals surface area contributed by atoms with Crippen molar-refractivity contribution in [1.82, 2.24) is 4.98 Å². The molecular formula is C14H22N2O2. The largest absolute Gasteiger partial charge is 0.390 e. The van der Waals surface area contributed by atoms with Gasteiger partial charge in [0.2, 0.25) is 0 Å². The molecule has 1 aliphatic carbocycles. The van der Waals surface area contributed by atoms with Crippen molar-refractivity contribution in [2.24, 2.45) is 5.92 Å². The minimum Gasteiger partial charge on any atom is -0.390 e. The summed E-state index contributed by atoms with van der Waals surface area (Å²) in [6.45, 7) is 0. The molecule has 0 saturated heterocycles. The van der Waals surface area contributed by atoms with E-state index in [2.05, 4.69) is 4.98 Å². The summed E-state index contributed by atoms with van der Waals surface area (Å²) in [5.74, 6) is 0.694. The number of hydrogen-bond acceptors (Lipinski definition) is 4. The van der Waals surface area contributed by atoms with Gasteiger partial charge in [-0.15, -0.1) is 0 Å². The molecule has 0 aliphatic heterocycles. The predicted molar refractivity (Wildman–Crippen MR) is 70.9 cm³/mol. The van der Waals surface area contributed by atoms with Crippen molar-refractivity contribution in [3.05, 3.63) is 23.9 Å². The summed E-state index contributed by atoms with van der Waals surface area (Å²) in [5.41, 5.74) is 6.52. The van der Waals surface area contributed by atoms with Crippen LogP contribution in [0.3, 0.4) is 0 Å². The fourth-order valence-corrected chi connectivity index (χ4v) is 2.77. The summed E-state index contributed by atoms with van der Waals surface area (Å²) < 4.78 is 0. The molecule has 0 radical (unpaired) electrons. The lowest BCUT2D eigenvalue weighted by Gasteiger charge is -2.29. The lowest BCUT2D eigenvalue weighted by molar-refractivity contribution is -0.0263. The van der Waals surface area contributed by atoms with Crippen LogP contribution in [0, 0.1) is 5.92 Å². The van der Waals surface area contributed by atoms with Crippen LogP contribution in [0.2, 0.25) is 0 Å². The highest BCUT2D eigenvalue weighted by Crippen LogP contribution is 2.28. The van der Waals surface area contributed by atoms with Gasteiger partial charge < -0.3 is 15.9 Å². The monoisotopic (exact) mass is 250 g/mol. The molecule has 1 aliphatic rings. The van der Waals surface area contributed by atoms with E-state index in [-0.39, 0.29) is 5.92 Å². The van der Waals surface area contributed by atoms with Gasteiger partial charge in [-0.2, -0.15) is 0 Å². The third kappa shape index (κ3) is 3.43. The first kappa shape index (κ1) is 13.3. The highest BCUT2D eigenvalue weighted by atomic mass is 16.3. The minimum atomic E-state index is -0.713. The lowest BCUT2D eigenvalue weighted by atomic mass is 9.82. The van der Waals surface area contributed by atoms with Gasteiger partial charge in [-0.05, 0) is 36.5 Å². The molecule has 18 heavy (non-hydrogen) atoms. The summed E-state index contributed by atoms with van der Waals surface area (Å²) in [6, 6.07) is 3.57. The number of rotatable bonds is 4. The number of pyridine rings is 1. The van der Waals surface area contributed by atoms with Crippen LogP contribution < -0.4 is 5.73 Å². The van der Waals surface area contributed by atoms with Crippen LogP contribution in [0.1, 0.15) is 37.7 Å². The van der Waals surface area contributed by atoms with Gasteiger partial charge in [0.25, 0.3) is 0 Å². The first-order valence-corrected chi connectivity index (χ1v) is 6.73. The van der Waals surface area contributed by atoms with E-state index >= 15 is 0 Å². The van der Waals surface area contributed by atoms with Gasteiger partial charge in [0.1, 0.15) is 5.82 Å². The molecular weight excluding hydrogens is 228 g/mol. The van der Waals surface area contributed by atoms with Gasteiger partial charge in [0.05, 0.1) is 12.2 Å². The number of aromatic nitrogens is 1. The van der Waals surface area contributed by atoms with Gasteiger partial charge in [-0.1, -0.05) is 19.3 Å². The third-order valence-electron chi connectivity index (χ3n) is 3.82. The average molecular weight is 250 g/mol. The number of nitrogen functional groups attached to an aromatic ring is 1. The molecule has 2 unspecified atom stereocenters. The number of hydrogen-bond donors (Lipinski definition) is 3. The SMILES string of the molecule is Nc1cc(CC(O)C(O)C2CCCCC2)ccn1. The van der Waals surface area contributed by atoms with Crippen LogP contribution in [0.4, 0.5) is 5.82 Å². The molecule has 0 bridgehead atoms. The zero-order valence-corrected chi connectivity index (χ0v) is 10.6. The quantitative estimate of drug-likeness (QED) is 0.756. The summed E-state index contributed by atoms with van der Waals surface area (Å²) >= 11 is 0. The second-order valence-electron chi connectivity index (χ2n) is 5.25. The van der Waals surface area contributed by atoms with Gasteiger partial charge in [-0.25, -0.2) is 4.98 Å². The number of anilines is 1. The van der Waals surface area contributed by atoms with Gasteiger partial charge in [0.15, 0.2) is 0 Å². The molecule has 1 aromatic heterocycles. The van der Waals surface area contributed by atoms with Crippen LogP contribution in [-0.4, -0.2) is 27.4 Å². The maximum atomic E-state index is 10.2. The van der Waals surface area contributed by atoms with Gasteiger partial charge >= 0.3 is 0 Å². The van der Waals surface area contributed by atoms with Crippen molar-refractivity contribution < 1.29 is 10.2 Å². The van der Waals surface area contributed by atoms with Crippen LogP contribution in [-0.2, 0) is 6.42 Å². The van der Waals surface area contributed by atoms with Crippen molar-refractivity contribution in [2.75, 3.05) is 5.73 Å². The fraction of sp³-hybridized carbons (Fsp3) is 0.643. The molecule has 0 amide bonds. The van der Waals surface area contributed by atoms with E-state index in [1.165, 1.54) is 6.42 Å². The number of nitrogens with two attached hydrogens (primary N) is 1. The highest BCUT2D eigenvalue weighted by Gasteiger charge is 2.27. The molecule has 1 aromatic rings. The Labute approximate surface area is 108 Å². The second kappa shape index (κ2) is 6.16. The summed E-state index contributed by atoms with van der Waals surface area (Å²) in [7, 11) is 0. The van der Waals surface area contributed by atoms with Crippen molar-refractivity contribution in [3.63, 3.8) is 0 Å². The Kier molecular flexibility index (Phi) is 4.55. The Hall–Kier alpha value is -1.13. The Balaban J connectivity index is 1.92. The molecule has 4 heteroatoms. The standard InChI is InChI=1S/C14H22N2O2/c15-13-9-10(6-7-16-13)8-12(17)14(18)11-4-2-1-3-5-11/h6-7,9,11-12,14,17-18H,1-5,8H2,(H2,15,16). The van der Waals surface area contributed by atoms with E-state index in [1.807, 2.05) is 6.07 Å². The highest BCUT2D eigenvalue weighted by molar-refractivity contribution is 5.32. The van der Waals surface area contributed by atoms with Crippen LogP contribution >= 0.6 is 0 Å². The lowest BCUT2D eigenvalue weighted by Crippen LogP contribution is -2.36. The summed E-state index contributed by atoms with van der Waals surface area (Å²) in [4.78, 5) is 3.92. The number of aliphatic hydroxyl groups excluding tert-OH is 2. The van der Waals surface area contributed by atoms with Crippen molar-refractivity contribution in [3.8, 4) is 0 Å². The first-order valence-electron chi connectivity index (χ1n) is 6.73. The van der Waals surface area contributed by atoms with Crippen molar-refractivity contribution in [1.29, 1.82) is 0 Å². The predicted octanol–water partition coefficient (Wildman–Crippen LogP) is 1.51.